The summed E-state index contributed by atoms with van der Waals surface area (Å²) in [6.45, 7) is 0.513. The number of hydrogen-bond acceptors (Lipinski definition) is 9. The van der Waals surface area contributed by atoms with Gasteiger partial charge in [-0.15, -0.1) is 0 Å². The van der Waals surface area contributed by atoms with Crippen LogP contribution in [0.4, 0.5) is 5.82 Å². The first-order valence-corrected chi connectivity index (χ1v) is 11.6. The van der Waals surface area contributed by atoms with E-state index in [1.54, 1.807) is 36.5 Å². The number of ether oxygens (including phenoxy) is 1. The number of carbonyl (C=O) groups excluding carboxylic acids is 1. The van der Waals surface area contributed by atoms with E-state index in [9.17, 15) is 15.0 Å². The van der Waals surface area contributed by atoms with Gasteiger partial charge in [-0.05, 0) is 18.1 Å². The van der Waals surface area contributed by atoms with Crippen LogP contribution in [0.15, 0.2) is 55.1 Å². The quantitative estimate of drug-likeness (QED) is 0.303. The van der Waals surface area contributed by atoms with Gasteiger partial charge in [0.15, 0.2) is 17.3 Å². The van der Waals surface area contributed by atoms with Gasteiger partial charge in [0, 0.05) is 25.4 Å². The number of aliphatic hydroxyl groups excluding tert-OH is 2. The van der Waals surface area contributed by atoms with Crippen LogP contribution < -0.4 is 15.4 Å². The van der Waals surface area contributed by atoms with Gasteiger partial charge < -0.3 is 30.2 Å². The number of rotatable bonds is 7. The van der Waals surface area contributed by atoms with Crippen molar-refractivity contribution in [2.24, 2.45) is 5.92 Å². The van der Waals surface area contributed by atoms with Crippen LogP contribution >= 0.6 is 0 Å². The second kappa shape index (κ2) is 9.88. The number of pyridine rings is 1. The molecule has 1 fully saturated rings. The number of methoxy groups -OCH3 is 1. The lowest BCUT2D eigenvalue weighted by molar-refractivity contribution is -0.128. The van der Waals surface area contributed by atoms with E-state index in [1.165, 1.54) is 7.05 Å². The van der Waals surface area contributed by atoms with Gasteiger partial charge in [0.1, 0.15) is 17.4 Å². The Hall–Kier alpha value is -4.09. The molecule has 0 radical (unpaired) electrons. The molecule has 1 aromatic carbocycles. The van der Waals surface area contributed by atoms with Gasteiger partial charge in [0.2, 0.25) is 5.91 Å². The fourth-order valence-electron chi connectivity index (χ4n) is 4.58. The van der Waals surface area contributed by atoms with Crippen molar-refractivity contribution in [1.29, 1.82) is 0 Å². The van der Waals surface area contributed by atoms with Gasteiger partial charge in [-0.2, -0.15) is 0 Å². The molecule has 1 amide bonds. The van der Waals surface area contributed by atoms with Crippen LogP contribution in [0.1, 0.15) is 18.0 Å². The molecule has 1 aliphatic carbocycles. The number of aliphatic hydroxyl groups is 2. The first-order chi connectivity index (χ1) is 17.5. The Balaban J connectivity index is 1.59. The topological polar surface area (TPSA) is 147 Å². The van der Waals surface area contributed by atoms with E-state index >= 15 is 0 Å². The summed E-state index contributed by atoms with van der Waals surface area (Å²) < 4.78 is 7.02. The summed E-state index contributed by atoms with van der Waals surface area (Å²) in [6.07, 6.45) is 2.67. The number of anilines is 1. The second-order valence-electron chi connectivity index (χ2n) is 8.68. The van der Waals surface area contributed by atoms with E-state index in [4.69, 9.17) is 14.7 Å². The molecule has 11 heteroatoms. The van der Waals surface area contributed by atoms with Gasteiger partial charge in [-0.3, -0.25) is 9.78 Å². The third-order valence-electron chi connectivity index (χ3n) is 6.52. The van der Waals surface area contributed by atoms with Crippen molar-refractivity contribution in [3.8, 4) is 17.1 Å². The molecule has 1 aliphatic rings. The number of fused-ring (bicyclic) bond motifs is 1. The van der Waals surface area contributed by atoms with E-state index in [-0.39, 0.29) is 12.3 Å². The number of nitrogens with one attached hydrogen (secondary N) is 2. The predicted molar refractivity (Wildman–Crippen MR) is 132 cm³/mol. The van der Waals surface area contributed by atoms with Crippen LogP contribution in [0.2, 0.25) is 0 Å². The molecular formula is C25H27N7O4. The van der Waals surface area contributed by atoms with Gasteiger partial charge in [0.25, 0.3) is 0 Å². The van der Waals surface area contributed by atoms with Crippen molar-refractivity contribution in [2.45, 2.75) is 31.2 Å². The molecular weight excluding hydrogens is 462 g/mol. The van der Waals surface area contributed by atoms with Crippen LogP contribution in [0.3, 0.4) is 0 Å². The van der Waals surface area contributed by atoms with Crippen molar-refractivity contribution in [3.63, 3.8) is 0 Å². The molecule has 3 heterocycles. The van der Waals surface area contributed by atoms with Gasteiger partial charge in [-0.25, -0.2) is 15.0 Å². The largest absolute Gasteiger partial charge is 0.495 e. The van der Waals surface area contributed by atoms with Gasteiger partial charge in [0.05, 0.1) is 37.7 Å². The lowest BCUT2D eigenvalue weighted by Gasteiger charge is -2.18. The minimum absolute atomic E-state index is 0.236. The lowest BCUT2D eigenvalue weighted by atomic mass is 10.1. The highest BCUT2D eigenvalue weighted by Gasteiger charge is 2.46. The Kier molecular flexibility index (Phi) is 6.49. The SMILES string of the molecule is CNC(=O)[C@H]1C[C@@H](n2cnc3c(NCc4ccccc4)nc(-c4cncc(OC)c4)nc32)[C@H](O)[C@@H]1O. The van der Waals surface area contributed by atoms with E-state index in [0.29, 0.717) is 40.7 Å². The van der Waals surface area contributed by atoms with Gasteiger partial charge >= 0.3 is 0 Å². The number of nitrogens with zero attached hydrogens (tertiary/aromatic N) is 5. The zero-order valence-corrected chi connectivity index (χ0v) is 19.9. The molecule has 1 saturated carbocycles. The van der Waals surface area contributed by atoms with Crippen LogP contribution in [0, 0.1) is 5.92 Å². The molecule has 0 unspecified atom stereocenters. The Morgan fingerprint density at radius 1 is 1.17 bits per heavy atom. The highest BCUT2D eigenvalue weighted by Crippen LogP contribution is 2.38. The van der Waals surface area contributed by atoms with E-state index in [1.807, 2.05) is 30.3 Å². The van der Waals surface area contributed by atoms with Crippen molar-refractivity contribution < 1.29 is 19.7 Å². The summed E-state index contributed by atoms with van der Waals surface area (Å²) in [4.78, 5) is 30.5. The fourth-order valence-corrected chi connectivity index (χ4v) is 4.58. The summed E-state index contributed by atoms with van der Waals surface area (Å²) in [7, 11) is 3.07. The molecule has 11 nitrogen and oxygen atoms in total. The number of aromatic nitrogens is 5. The van der Waals surface area contributed by atoms with Crippen molar-refractivity contribution in [1.82, 2.24) is 29.8 Å². The first kappa shape index (κ1) is 23.6. The molecule has 4 aromatic rings. The molecule has 4 atom stereocenters. The smallest absolute Gasteiger partial charge is 0.225 e. The summed E-state index contributed by atoms with van der Waals surface area (Å²) in [5.74, 6) is 0.396. The van der Waals surface area contributed by atoms with E-state index in [0.717, 1.165) is 5.56 Å². The summed E-state index contributed by atoms with van der Waals surface area (Å²) >= 11 is 0. The number of carbonyl (C=O) groups is 1. The highest BCUT2D eigenvalue weighted by atomic mass is 16.5. The van der Waals surface area contributed by atoms with Crippen LogP contribution in [-0.4, -0.2) is 67.0 Å². The molecule has 36 heavy (non-hydrogen) atoms. The number of hydrogen-bond donors (Lipinski definition) is 4. The van der Waals surface area contributed by atoms with Crippen LogP contribution in [0.25, 0.3) is 22.6 Å². The molecule has 0 spiro atoms. The van der Waals surface area contributed by atoms with Crippen LogP contribution in [0.5, 0.6) is 5.75 Å². The number of benzene rings is 1. The molecule has 3 aromatic heterocycles. The molecule has 0 aliphatic heterocycles. The van der Waals surface area contributed by atoms with E-state index < -0.39 is 24.2 Å². The van der Waals surface area contributed by atoms with Crippen molar-refractivity contribution in [2.75, 3.05) is 19.5 Å². The standard InChI is InChI=1S/C25H27N7O4/c1-26-25(35)17-9-18(21(34)20(17)33)32-13-29-19-23(28-10-14-6-4-3-5-7-14)30-22(31-24(19)32)15-8-16(36-2)12-27-11-15/h3-8,11-13,17-18,20-21,33-34H,9-10H2,1-2H3,(H,26,35)(H,28,30,31)/t17-,18+,20+,21-/m0/s1. The van der Waals surface area contributed by atoms with Crippen molar-refractivity contribution in [3.05, 3.63) is 60.7 Å². The molecule has 5 rings (SSSR count). The minimum Gasteiger partial charge on any atom is -0.495 e. The Morgan fingerprint density at radius 3 is 2.72 bits per heavy atom. The number of amides is 1. The van der Waals surface area contributed by atoms with E-state index in [2.05, 4.69) is 20.6 Å². The third-order valence-corrected chi connectivity index (χ3v) is 6.52. The highest BCUT2D eigenvalue weighted by molar-refractivity contribution is 5.85. The summed E-state index contributed by atoms with van der Waals surface area (Å²) in [5.41, 5.74) is 2.68. The predicted octanol–water partition coefficient (Wildman–Crippen LogP) is 1.54. The van der Waals surface area contributed by atoms with Gasteiger partial charge in [-0.1, -0.05) is 30.3 Å². The second-order valence-corrected chi connectivity index (χ2v) is 8.68. The minimum atomic E-state index is -1.20. The van der Waals surface area contributed by atoms with Crippen molar-refractivity contribution >= 4 is 22.9 Å². The molecule has 186 valence electrons. The summed E-state index contributed by atoms with van der Waals surface area (Å²) in [6, 6.07) is 11.1. The average Bonchev–Trinajstić information content (AvgIpc) is 3.48. The molecule has 0 saturated heterocycles. The summed E-state index contributed by atoms with van der Waals surface area (Å²) in [5, 5.41) is 27.3. The fraction of sp³-hybridized carbons (Fsp3) is 0.320. The maximum atomic E-state index is 12.3. The Bertz CT molecular complexity index is 1380. The maximum absolute atomic E-state index is 12.3. The Labute approximate surface area is 207 Å². The number of imidazole rings is 1. The molecule has 0 bridgehead atoms. The average molecular weight is 490 g/mol. The molecule has 4 N–H and O–H groups in total. The first-order valence-electron chi connectivity index (χ1n) is 11.6. The van der Waals surface area contributed by atoms with Crippen LogP contribution in [-0.2, 0) is 11.3 Å². The lowest BCUT2D eigenvalue weighted by Crippen LogP contribution is -2.36. The Morgan fingerprint density at radius 2 is 1.97 bits per heavy atom. The zero-order chi connectivity index (χ0) is 25.2. The normalized spacial score (nSPS) is 21.4. The third kappa shape index (κ3) is 4.34. The monoisotopic (exact) mass is 489 g/mol. The maximum Gasteiger partial charge on any atom is 0.225 e. The zero-order valence-electron chi connectivity index (χ0n) is 19.9.